The quantitative estimate of drug-likeness (QED) is 0.683. The molecule has 3 nitrogen and oxygen atoms in total. The zero-order valence-electron chi connectivity index (χ0n) is 6.92. The van der Waals surface area contributed by atoms with E-state index >= 15 is 0 Å². The zero-order valence-corrected chi connectivity index (χ0v) is 6.92. The van der Waals surface area contributed by atoms with E-state index in [0.29, 0.717) is 0 Å². The van der Waals surface area contributed by atoms with Crippen LogP contribution in [0.25, 0.3) is 0 Å². The molecule has 1 heterocycles. The molecule has 0 aliphatic carbocycles. The van der Waals surface area contributed by atoms with Gasteiger partial charge < -0.3 is 9.15 Å². The molecule has 5 heteroatoms. The minimum absolute atomic E-state index is 0.0882. The van der Waals surface area contributed by atoms with E-state index in [4.69, 9.17) is 0 Å². The van der Waals surface area contributed by atoms with Gasteiger partial charge in [-0.3, -0.25) is 0 Å². The Morgan fingerprint density at radius 3 is 2.85 bits per heavy atom. The first kappa shape index (κ1) is 9.70. The number of hydrogen-bond acceptors (Lipinski definition) is 3. The van der Waals surface area contributed by atoms with Crippen LogP contribution in [0.2, 0.25) is 0 Å². The van der Waals surface area contributed by atoms with Crippen LogP contribution in [-0.4, -0.2) is 12.6 Å². The van der Waals surface area contributed by atoms with Gasteiger partial charge in [0, 0.05) is 0 Å². The normalized spacial score (nSPS) is 11.3. The highest BCUT2D eigenvalue weighted by Gasteiger charge is 2.45. The molecule has 0 saturated carbocycles. The summed E-state index contributed by atoms with van der Waals surface area (Å²) in [5.74, 6) is -5.99. The molecule has 0 aliphatic heterocycles. The molecule has 0 unspecified atom stereocenters. The van der Waals surface area contributed by atoms with Gasteiger partial charge in [0.1, 0.15) is 0 Å². The van der Waals surface area contributed by atoms with E-state index in [9.17, 15) is 13.6 Å². The summed E-state index contributed by atoms with van der Waals surface area (Å²) in [6, 6.07) is 2.30. The predicted molar refractivity (Wildman–Crippen MR) is 39.2 cm³/mol. The zero-order chi connectivity index (χ0) is 9.90. The molecule has 72 valence electrons. The van der Waals surface area contributed by atoms with Crippen LogP contribution in [0.5, 0.6) is 0 Å². The Kier molecular flexibility index (Phi) is 2.65. The van der Waals surface area contributed by atoms with E-state index in [1.54, 1.807) is 0 Å². The van der Waals surface area contributed by atoms with Gasteiger partial charge in [0.05, 0.1) is 12.9 Å². The van der Waals surface area contributed by atoms with Gasteiger partial charge in [0.2, 0.25) is 0 Å². The van der Waals surface area contributed by atoms with Crippen molar-refractivity contribution in [3.05, 3.63) is 24.2 Å². The second-order valence-corrected chi connectivity index (χ2v) is 2.27. The number of alkyl halides is 2. The van der Waals surface area contributed by atoms with Crippen LogP contribution in [0, 0.1) is 0 Å². The number of halogens is 2. The summed E-state index contributed by atoms with van der Waals surface area (Å²) in [5.41, 5.74) is 0. The van der Waals surface area contributed by atoms with E-state index < -0.39 is 17.7 Å². The van der Waals surface area contributed by atoms with Gasteiger partial charge in [-0.25, -0.2) is 4.79 Å². The SMILES string of the molecule is CCOC(=O)C(F)(F)c1ccco1. The van der Waals surface area contributed by atoms with E-state index in [1.807, 2.05) is 0 Å². The monoisotopic (exact) mass is 190 g/mol. The van der Waals surface area contributed by atoms with Crippen LogP contribution in [0.4, 0.5) is 8.78 Å². The molecule has 0 N–H and O–H groups in total. The van der Waals surface area contributed by atoms with Crippen molar-refractivity contribution in [2.24, 2.45) is 0 Å². The van der Waals surface area contributed by atoms with E-state index in [0.717, 1.165) is 12.3 Å². The van der Waals surface area contributed by atoms with Crippen LogP contribution in [-0.2, 0) is 15.5 Å². The van der Waals surface area contributed by atoms with E-state index in [2.05, 4.69) is 9.15 Å². The van der Waals surface area contributed by atoms with Crippen molar-refractivity contribution in [2.75, 3.05) is 6.61 Å². The molecule has 0 atom stereocenters. The number of carbonyl (C=O) groups is 1. The van der Waals surface area contributed by atoms with Crippen LogP contribution < -0.4 is 0 Å². The Balaban J connectivity index is 2.82. The molecule has 0 saturated heterocycles. The van der Waals surface area contributed by atoms with Crippen molar-refractivity contribution < 1.29 is 22.7 Å². The average Bonchev–Trinajstić information content (AvgIpc) is 2.56. The lowest BCUT2D eigenvalue weighted by Gasteiger charge is -2.11. The highest BCUT2D eigenvalue weighted by Crippen LogP contribution is 2.29. The smallest absolute Gasteiger partial charge is 0.399 e. The number of hydrogen-bond donors (Lipinski definition) is 0. The highest BCUT2D eigenvalue weighted by molar-refractivity contribution is 5.78. The summed E-state index contributed by atoms with van der Waals surface area (Å²) in [6.07, 6.45) is 1.07. The summed E-state index contributed by atoms with van der Waals surface area (Å²) in [6.45, 7) is 1.37. The third-order valence-electron chi connectivity index (χ3n) is 1.36. The third kappa shape index (κ3) is 1.85. The summed E-state index contributed by atoms with van der Waals surface area (Å²) < 4.78 is 34.6. The maximum absolute atomic E-state index is 13.0. The predicted octanol–water partition coefficient (Wildman–Crippen LogP) is 1.93. The number of furan rings is 1. The molecule has 13 heavy (non-hydrogen) atoms. The van der Waals surface area contributed by atoms with Gasteiger partial charge in [-0.05, 0) is 19.1 Å². The topological polar surface area (TPSA) is 39.4 Å². The van der Waals surface area contributed by atoms with Crippen LogP contribution in [0.3, 0.4) is 0 Å². The minimum Gasteiger partial charge on any atom is -0.462 e. The summed E-state index contributed by atoms with van der Waals surface area (Å²) in [4.78, 5) is 10.7. The number of rotatable bonds is 3. The maximum Gasteiger partial charge on any atom is 0.399 e. The molecule has 1 aromatic rings. The van der Waals surface area contributed by atoms with Gasteiger partial charge in [0.25, 0.3) is 0 Å². The van der Waals surface area contributed by atoms with Gasteiger partial charge in [-0.1, -0.05) is 0 Å². The first-order valence-corrected chi connectivity index (χ1v) is 3.68. The molecule has 0 fully saturated rings. The van der Waals surface area contributed by atoms with Crippen molar-refractivity contribution >= 4 is 5.97 Å². The summed E-state index contributed by atoms with van der Waals surface area (Å²) in [5, 5.41) is 0. The Morgan fingerprint density at radius 1 is 1.69 bits per heavy atom. The Labute approximate surface area is 73.3 Å². The van der Waals surface area contributed by atoms with Crippen LogP contribution in [0.1, 0.15) is 12.7 Å². The molecule has 0 bridgehead atoms. The van der Waals surface area contributed by atoms with Crippen molar-refractivity contribution in [1.29, 1.82) is 0 Å². The molecular weight excluding hydrogens is 182 g/mol. The molecule has 0 spiro atoms. The lowest BCUT2D eigenvalue weighted by atomic mass is 10.2. The fourth-order valence-electron chi connectivity index (χ4n) is 0.780. The lowest BCUT2D eigenvalue weighted by Crippen LogP contribution is -2.27. The van der Waals surface area contributed by atoms with Crippen molar-refractivity contribution in [3.63, 3.8) is 0 Å². The van der Waals surface area contributed by atoms with Gasteiger partial charge in [0.15, 0.2) is 5.76 Å². The Hall–Kier alpha value is -1.39. The Bertz CT molecular complexity index is 280. The molecular formula is C8H8F2O3. The van der Waals surface area contributed by atoms with Crippen LogP contribution in [0.15, 0.2) is 22.8 Å². The maximum atomic E-state index is 13.0. The van der Waals surface area contributed by atoms with Gasteiger partial charge in [-0.2, -0.15) is 8.78 Å². The first-order chi connectivity index (χ1) is 6.09. The molecule has 1 rings (SSSR count). The number of carbonyl (C=O) groups excluding carboxylic acids is 1. The molecule has 0 aliphatic rings. The van der Waals surface area contributed by atoms with Crippen molar-refractivity contribution in [1.82, 2.24) is 0 Å². The highest BCUT2D eigenvalue weighted by atomic mass is 19.3. The fourth-order valence-corrected chi connectivity index (χ4v) is 0.780. The number of esters is 1. The third-order valence-corrected chi connectivity index (χ3v) is 1.36. The molecule has 0 aromatic carbocycles. The molecule has 1 aromatic heterocycles. The Morgan fingerprint density at radius 2 is 2.38 bits per heavy atom. The molecule has 0 amide bonds. The van der Waals surface area contributed by atoms with Gasteiger partial charge >= 0.3 is 11.9 Å². The first-order valence-electron chi connectivity index (χ1n) is 3.68. The van der Waals surface area contributed by atoms with Crippen LogP contribution >= 0.6 is 0 Å². The second kappa shape index (κ2) is 3.55. The standard InChI is InChI=1S/C8H8F2O3/c1-2-12-7(11)8(9,10)6-4-3-5-13-6/h3-5H,2H2,1H3. The summed E-state index contributed by atoms with van der Waals surface area (Å²) in [7, 11) is 0. The van der Waals surface area contributed by atoms with Gasteiger partial charge in [-0.15, -0.1) is 0 Å². The minimum atomic E-state index is -3.69. The van der Waals surface area contributed by atoms with Crippen molar-refractivity contribution in [2.45, 2.75) is 12.8 Å². The lowest BCUT2D eigenvalue weighted by molar-refractivity contribution is -0.175. The number of ether oxygens (including phenoxy) is 1. The van der Waals surface area contributed by atoms with E-state index in [1.165, 1.54) is 13.0 Å². The largest absolute Gasteiger partial charge is 0.462 e. The fraction of sp³-hybridized carbons (Fsp3) is 0.375. The summed E-state index contributed by atoms with van der Waals surface area (Å²) >= 11 is 0. The van der Waals surface area contributed by atoms with Crippen molar-refractivity contribution in [3.8, 4) is 0 Å². The average molecular weight is 190 g/mol. The van der Waals surface area contributed by atoms with E-state index in [-0.39, 0.29) is 6.61 Å². The second-order valence-electron chi connectivity index (χ2n) is 2.27. The molecule has 0 radical (unpaired) electrons.